The lowest BCUT2D eigenvalue weighted by atomic mass is 10.2. The Hall–Kier alpha value is -1.69. The number of hydrogen-bond donors (Lipinski definition) is 0. The van der Waals surface area contributed by atoms with E-state index < -0.39 is 0 Å². The van der Waals surface area contributed by atoms with Crippen molar-refractivity contribution in [2.24, 2.45) is 0 Å². The van der Waals surface area contributed by atoms with Gasteiger partial charge < -0.3 is 9.05 Å². The Morgan fingerprint density at radius 1 is 1.47 bits per heavy atom. The highest BCUT2D eigenvalue weighted by atomic mass is 16.5. The highest BCUT2D eigenvalue weighted by Crippen LogP contribution is 2.31. The van der Waals surface area contributed by atoms with E-state index >= 15 is 0 Å². The van der Waals surface area contributed by atoms with Crippen LogP contribution >= 0.6 is 0 Å². The van der Waals surface area contributed by atoms with Gasteiger partial charge in [-0.2, -0.15) is 4.98 Å². The zero-order valence-corrected chi connectivity index (χ0v) is 9.67. The summed E-state index contributed by atoms with van der Waals surface area (Å²) in [6, 6.07) is 2.13. The molecule has 0 aromatic carbocycles. The normalized spacial score (nSPS) is 21.1. The molecule has 3 heterocycles. The van der Waals surface area contributed by atoms with Crippen molar-refractivity contribution in [3.05, 3.63) is 29.7 Å². The number of likely N-dealkylation sites (tertiary alicyclic amines) is 1. The summed E-state index contributed by atoms with van der Waals surface area (Å²) in [6.07, 6.45) is 3.81. The first-order valence-corrected chi connectivity index (χ1v) is 5.76. The number of hydrogen-bond acceptors (Lipinski definition) is 6. The van der Waals surface area contributed by atoms with Gasteiger partial charge in [0.2, 0.25) is 5.89 Å². The molecule has 0 radical (unpaired) electrons. The molecule has 90 valence electrons. The van der Waals surface area contributed by atoms with Crippen LogP contribution in [0.15, 0.2) is 21.4 Å². The van der Waals surface area contributed by atoms with Crippen molar-refractivity contribution in [3.8, 4) is 0 Å². The predicted molar refractivity (Wildman–Crippen MR) is 57.9 cm³/mol. The summed E-state index contributed by atoms with van der Waals surface area (Å²) in [6.45, 7) is 3.62. The summed E-state index contributed by atoms with van der Waals surface area (Å²) in [5.74, 6) is 1.40. The van der Waals surface area contributed by atoms with Crippen LogP contribution in [-0.4, -0.2) is 26.7 Å². The minimum absolute atomic E-state index is 0.240. The minimum Gasteiger partial charge on any atom is -0.364 e. The van der Waals surface area contributed by atoms with E-state index in [1.54, 1.807) is 6.26 Å². The van der Waals surface area contributed by atoms with Gasteiger partial charge in [-0.05, 0) is 19.4 Å². The first kappa shape index (κ1) is 10.5. The Labute approximate surface area is 98.6 Å². The molecule has 0 bridgehead atoms. The summed E-state index contributed by atoms with van der Waals surface area (Å²) >= 11 is 0. The third kappa shape index (κ3) is 2.08. The smallest absolute Gasteiger partial charge is 0.223 e. The van der Waals surface area contributed by atoms with Crippen molar-refractivity contribution in [2.45, 2.75) is 32.4 Å². The van der Waals surface area contributed by atoms with Crippen LogP contribution in [0.5, 0.6) is 0 Å². The van der Waals surface area contributed by atoms with Crippen molar-refractivity contribution in [2.75, 3.05) is 6.54 Å². The molecule has 3 rings (SSSR count). The molecule has 1 saturated heterocycles. The predicted octanol–water partition coefficient (Wildman–Crippen LogP) is 1.70. The second kappa shape index (κ2) is 4.29. The zero-order chi connectivity index (χ0) is 11.7. The largest absolute Gasteiger partial charge is 0.364 e. The van der Waals surface area contributed by atoms with E-state index in [1.165, 1.54) is 0 Å². The molecule has 17 heavy (non-hydrogen) atoms. The van der Waals surface area contributed by atoms with E-state index in [-0.39, 0.29) is 6.04 Å². The van der Waals surface area contributed by atoms with Crippen LogP contribution in [-0.2, 0) is 6.54 Å². The summed E-state index contributed by atoms with van der Waals surface area (Å²) in [5, 5.41) is 7.94. The van der Waals surface area contributed by atoms with E-state index in [1.807, 2.05) is 13.0 Å². The molecule has 2 aromatic rings. The van der Waals surface area contributed by atoms with E-state index in [4.69, 9.17) is 9.05 Å². The Morgan fingerprint density at radius 2 is 2.41 bits per heavy atom. The van der Waals surface area contributed by atoms with Crippen LogP contribution in [0.4, 0.5) is 0 Å². The van der Waals surface area contributed by atoms with Crippen LogP contribution < -0.4 is 0 Å². The topological polar surface area (TPSA) is 68.2 Å². The van der Waals surface area contributed by atoms with Gasteiger partial charge in [-0.25, -0.2) is 0 Å². The molecular weight excluding hydrogens is 220 g/mol. The van der Waals surface area contributed by atoms with Gasteiger partial charge in [-0.3, -0.25) is 4.90 Å². The Balaban J connectivity index is 1.76. The SMILES string of the molecule is Cc1nc([C@@H]2CCCN2Cc2ccon2)no1. The van der Waals surface area contributed by atoms with Crippen molar-refractivity contribution in [3.63, 3.8) is 0 Å². The maximum Gasteiger partial charge on any atom is 0.223 e. The second-order valence-corrected chi connectivity index (χ2v) is 4.29. The van der Waals surface area contributed by atoms with Gasteiger partial charge in [0, 0.05) is 19.5 Å². The van der Waals surface area contributed by atoms with Crippen LogP contribution in [0.3, 0.4) is 0 Å². The number of nitrogens with zero attached hydrogens (tertiary/aromatic N) is 4. The fraction of sp³-hybridized carbons (Fsp3) is 0.545. The molecule has 0 N–H and O–H groups in total. The van der Waals surface area contributed by atoms with Crippen LogP contribution in [0, 0.1) is 6.92 Å². The van der Waals surface area contributed by atoms with Crippen LogP contribution in [0.2, 0.25) is 0 Å². The fourth-order valence-electron chi connectivity index (χ4n) is 2.29. The van der Waals surface area contributed by atoms with Gasteiger partial charge >= 0.3 is 0 Å². The Morgan fingerprint density at radius 3 is 3.12 bits per heavy atom. The summed E-state index contributed by atoms with van der Waals surface area (Å²) < 4.78 is 9.88. The lowest BCUT2D eigenvalue weighted by molar-refractivity contribution is 0.227. The molecule has 0 spiro atoms. The zero-order valence-electron chi connectivity index (χ0n) is 9.67. The molecule has 0 saturated carbocycles. The van der Waals surface area contributed by atoms with Crippen LogP contribution in [0.1, 0.15) is 36.3 Å². The average Bonchev–Trinajstić information content (AvgIpc) is 2.99. The molecular formula is C11H14N4O2. The first-order valence-electron chi connectivity index (χ1n) is 5.76. The van der Waals surface area contributed by atoms with Gasteiger partial charge in [0.05, 0.1) is 11.7 Å². The van der Waals surface area contributed by atoms with Crippen LogP contribution in [0.25, 0.3) is 0 Å². The van der Waals surface area contributed by atoms with E-state index in [2.05, 4.69) is 20.2 Å². The molecule has 1 aliphatic heterocycles. The number of rotatable bonds is 3. The number of aromatic nitrogens is 3. The first-order chi connectivity index (χ1) is 8.33. The van der Waals surface area contributed by atoms with Crippen molar-refractivity contribution in [1.29, 1.82) is 0 Å². The quantitative estimate of drug-likeness (QED) is 0.805. The van der Waals surface area contributed by atoms with E-state index in [0.29, 0.717) is 5.89 Å². The number of aryl methyl sites for hydroxylation is 1. The molecule has 6 heteroatoms. The molecule has 2 aromatic heterocycles. The summed E-state index contributed by atoms with van der Waals surface area (Å²) in [5.41, 5.74) is 0.942. The standard InChI is InChI=1S/C11H14N4O2/c1-8-12-11(14-17-8)10-3-2-5-15(10)7-9-4-6-16-13-9/h4,6,10H,2-3,5,7H2,1H3/t10-/m0/s1. The minimum atomic E-state index is 0.240. The highest BCUT2D eigenvalue weighted by molar-refractivity contribution is 5.01. The molecule has 6 nitrogen and oxygen atoms in total. The molecule has 0 amide bonds. The van der Waals surface area contributed by atoms with Crippen molar-refractivity contribution < 1.29 is 9.05 Å². The highest BCUT2D eigenvalue weighted by Gasteiger charge is 2.30. The second-order valence-electron chi connectivity index (χ2n) is 4.29. The third-order valence-electron chi connectivity index (χ3n) is 3.06. The van der Waals surface area contributed by atoms with Crippen molar-refractivity contribution >= 4 is 0 Å². The lowest BCUT2D eigenvalue weighted by Crippen LogP contribution is -2.23. The molecule has 0 unspecified atom stereocenters. The lowest BCUT2D eigenvalue weighted by Gasteiger charge is -2.20. The molecule has 0 aliphatic carbocycles. The third-order valence-corrected chi connectivity index (χ3v) is 3.06. The van der Waals surface area contributed by atoms with E-state index in [9.17, 15) is 0 Å². The molecule has 1 fully saturated rings. The summed E-state index contributed by atoms with van der Waals surface area (Å²) in [7, 11) is 0. The van der Waals surface area contributed by atoms with Gasteiger partial charge in [0.1, 0.15) is 6.26 Å². The van der Waals surface area contributed by atoms with Gasteiger partial charge in [0.25, 0.3) is 0 Å². The van der Waals surface area contributed by atoms with Gasteiger partial charge in [-0.1, -0.05) is 10.3 Å². The van der Waals surface area contributed by atoms with E-state index in [0.717, 1.165) is 37.4 Å². The fourth-order valence-corrected chi connectivity index (χ4v) is 2.29. The molecule has 1 aliphatic rings. The molecule has 1 atom stereocenters. The van der Waals surface area contributed by atoms with Gasteiger partial charge in [0.15, 0.2) is 5.82 Å². The maximum absolute atomic E-state index is 5.04. The monoisotopic (exact) mass is 234 g/mol. The van der Waals surface area contributed by atoms with Crippen molar-refractivity contribution in [1.82, 2.24) is 20.2 Å². The van der Waals surface area contributed by atoms with Gasteiger partial charge in [-0.15, -0.1) is 0 Å². The summed E-state index contributed by atoms with van der Waals surface area (Å²) in [4.78, 5) is 6.62. The Kier molecular flexibility index (Phi) is 2.64. The Bertz CT molecular complexity index is 479. The average molecular weight is 234 g/mol. The maximum atomic E-state index is 5.04.